The molecular weight excluding hydrogens is 404 g/mol. The highest BCUT2D eigenvalue weighted by Crippen LogP contribution is 2.17. The van der Waals surface area contributed by atoms with Crippen LogP contribution in [0.1, 0.15) is 25.6 Å². The summed E-state index contributed by atoms with van der Waals surface area (Å²) >= 11 is 1.19. The molecule has 2 N–H and O–H groups in total. The van der Waals surface area contributed by atoms with Gasteiger partial charge in [0, 0.05) is 0 Å². The quantitative estimate of drug-likeness (QED) is 0.570. The van der Waals surface area contributed by atoms with E-state index in [2.05, 4.69) is 10.6 Å². The summed E-state index contributed by atoms with van der Waals surface area (Å²) < 4.78 is 5.00. The number of carbonyl (C=O) groups excluding carboxylic acids is 4. The fraction of sp³-hybridized carbons (Fsp3) is 0.0909. The third kappa shape index (κ3) is 5.86. The molecule has 0 aliphatic carbocycles. The maximum Gasteiger partial charge on any atom is 0.340 e. The van der Waals surface area contributed by atoms with Gasteiger partial charge >= 0.3 is 5.97 Å². The first-order valence-electron chi connectivity index (χ1n) is 9.00. The highest BCUT2D eigenvalue weighted by molar-refractivity contribution is 7.12. The van der Waals surface area contributed by atoms with Gasteiger partial charge in [-0.3, -0.25) is 19.7 Å². The molecule has 152 valence electrons. The van der Waals surface area contributed by atoms with Gasteiger partial charge in [-0.05, 0) is 29.1 Å². The molecule has 0 saturated carbocycles. The number of hydrogen-bond acceptors (Lipinski definition) is 6. The third-order valence-electron chi connectivity index (χ3n) is 3.96. The van der Waals surface area contributed by atoms with E-state index in [1.807, 2.05) is 30.3 Å². The van der Waals surface area contributed by atoms with E-state index in [1.54, 1.807) is 35.7 Å². The minimum Gasteiger partial charge on any atom is -0.452 e. The van der Waals surface area contributed by atoms with Crippen molar-refractivity contribution in [1.82, 2.24) is 5.32 Å². The Labute approximate surface area is 176 Å². The van der Waals surface area contributed by atoms with Gasteiger partial charge in [-0.25, -0.2) is 4.79 Å². The van der Waals surface area contributed by atoms with Crippen molar-refractivity contribution >= 4 is 40.7 Å². The van der Waals surface area contributed by atoms with Crippen LogP contribution in [0.3, 0.4) is 0 Å². The van der Waals surface area contributed by atoms with Crippen LogP contribution in [0.5, 0.6) is 0 Å². The summed E-state index contributed by atoms with van der Waals surface area (Å²) in [5.74, 6) is -2.38. The summed E-state index contributed by atoms with van der Waals surface area (Å²) in [4.78, 5) is 48.8. The van der Waals surface area contributed by atoms with Crippen molar-refractivity contribution in [3.63, 3.8) is 0 Å². The molecule has 3 amide bonds. The summed E-state index contributed by atoms with van der Waals surface area (Å²) in [5.41, 5.74) is 1.22. The molecule has 0 saturated heterocycles. The summed E-state index contributed by atoms with van der Waals surface area (Å²) in [6.45, 7) is -0.623. The maximum atomic E-state index is 12.4. The lowest BCUT2D eigenvalue weighted by atomic mass is 10.1. The van der Waals surface area contributed by atoms with Crippen molar-refractivity contribution < 1.29 is 23.9 Å². The fourth-order valence-corrected chi connectivity index (χ4v) is 3.21. The zero-order valence-corrected chi connectivity index (χ0v) is 16.6. The predicted molar refractivity (Wildman–Crippen MR) is 112 cm³/mol. The molecule has 1 heterocycles. The highest BCUT2D eigenvalue weighted by atomic mass is 32.1. The van der Waals surface area contributed by atoms with Crippen molar-refractivity contribution in [3.8, 4) is 0 Å². The SMILES string of the molecule is O=C(COC(=O)c1ccccc1NC(=O)Cc1ccccc1)NC(=O)c1cccs1. The van der Waals surface area contributed by atoms with E-state index in [0.717, 1.165) is 5.56 Å². The van der Waals surface area contributed by atoms with Gasteiger partial charge in [0.2, 0.25) is 5.91 Å². The molecule has 30 heavy (non-hydrogen) atoms. The molecule has 0 spiro atoms. The second kappa shape index (κ2) is 10.1. The summed E-state index contributed by atoms with van der Waals surface area (Å²) in [5, 5.41) is 6.54. The standard InChI is InChI=1S/C22H18N2O5S/c25-19(13-15-7-2-1-3-8-15)23-17-10-5-4-9-16(17)22(28)29-14-20(26)24-21(27)18-11-6-12-30-18/h1-12H,13-14H2,(H,23,25)(H,24,26,27). The maximum absolute atomic E-state index is 12.4. The second-order valence-corrected chi connectivity index (χ2v) is 7.13. The molecule has 2 aromatic carbocycles. The van der Waals surface area contributed by atoms with Gasteiger partial charge in [-0.2, -0.15) is 0 Å². The number of hydrogen-bond donors (Lipinski definition) is 2. The number of nitrogens with one attached hydrogen (secondary N) is 2. The van der Waals surface area contributed by atoms with Gasteiger partial charge in [0.1, 0.15) is 0 Å². The fourth-order valence-electron chi connectivity index (χ4n) is 2.59. The molecule has 0 radical (unpaired) electrons. The van der Waals surface area contributed by atoms with E-state index in [1.165, 1.54) is 17.4 Å². The highest BCUT2D eigenvalue weighted by Gasteiger charge is 2.17. The number of benzene rings is 2. The smallest absolute Gasteiger partial charge is 0.340 e. The number of anilines is 1. The topological polar surface area (TPSA) is 102 Å². The number of esters is 1. The van der Waals surface area contributed by atoms with Gasteiger partial charge < -0.3 is 10.1 Å². The number of rotatable bonds is 7. The molecule has 8 heteroatoms. The first-order chi connectivity index (χ1) is 14.5. The van der Waals surface area contributed by atoms with Crippen molar-refractivity contribution in [1.29, 1.82) is 0 Å². The van der Waals surface area contributed by atoms with Crippen LogP contribution in [0, 0.1) is 0 Å². The van der Waals surface area contributed by atoms with Crippen molar-refractivity contribution in [3.05, 3.63) is 88.1 Å². The minimum atomic E-state index is -0.788. The van der Waals surface area contributed by atoms with Crippen LogP contribution in [0.2, 0.25) is 0 Å². The number of amides is 3. The lowest BCUT2D eigenvalue weighted by Gasteiger charge is -2.11. The molecule has 3 aromatic rings. The third-order valence-corrected chi connectivity index (χ3v) is 4.83. The molecule has 0 aliphatic rings. The van der Waals surface area contributed by atoms with Crippen LogP contribution in [-0.4, -0.2) is 30.3 Å². The molecule has 0 bridgehead atoms. The minimum absolute atomic E-state index is 0.108. The second-order valence-electron chi connectivity index (χ2n) is 6.19. The zero-order chi connectivity index (χ0) is 21.3. The first-order valence-corrected chi connectivity index (χ1v) is 9.88. The normalized spacial score (nSPS) is 10.1. The van der Waals surface area contributed by atoms with E-state index in [4.69, 9.17) is 4.74 Å². The van der Waals surface area contributed by atoms with Crippen LogP contribution >= 0.6 is 11.3 Å². The Hall–Kier alpha value is -3.78. The number of imide groups is 1. The molecule has 7 nitrogen and oxygen atoms in total. The molecule has 0 atom stereocenters. The zero-order valence-electron chi connectivity index (χ0n) is 15.8. The van der Waals surface area contributed by atoms with E-state index < -0.39 is 24.4 Å². The van der Waals surface area contributed by atoms with Crippen LogP contribution < -0.4 is 10.6 Å². The van der Waals surface area contributed by atoms with Crippen molar-refractivity contribution in [2.45, 2.75) is 6.42 Å². The Balaban J connectivity index is 1.56. The number of ether oxygens (including phenoxy) is 1. The van der Waals surface area contributed by atoms with E-state index in [-0.39, 0.29) is 23.6 Å². The van der Waals surface area contributed by atoms with E-state index in [9.17, 15) is 19.2 Å². The number of carbonyl (C=O) groups is 4. The lowest BCUT2D eigenvalue weighted by Crippen LogP contribution is -2.33. The Morgan fingerprint density at radius 3 is 2.30 bits per heavy atom. The number of para-hydroxylation sites is 1. The van der Waals surface area contributed by atoms with Gasteiger partial charge in [0.25, 0.3) is 11.8 Å². The van der Waals surface area contributed by atoms with Crippen molar-refractivity contribution in [2.75, 3.05) is 11.9 Å². The Morgan fingerprint density at radius 1 is 0.833 bits per heavy atom. The van der Waals surface area contributed by atoms with Crippen LogP contribution in [0.25, 0.3) is 0 Å². The van der Waals surface area contributed by atoms with Crippen molar-refractivity contribution in [2.24, 2.45) is 0 Å². The van der Waals surface area contributed by atoms with Gasteiger partial charge in [-0.15, -0.1) is 11.3 Å². The average Bonchev–Trinajstić information content (AvgIpc) is 3.28. The van der Waals surface area contributed by atoms with Gasteiger partial charge in [0.15, 0.2) is 6.61 Å². The summed E-state index contributed by atoms with van der Waals surface area (Å²) in [7, 11) is 0. The largest absolute Gasteiger partial charge is 0.452 e. The monoisotopic (exact) mass is 422 g/mol. The average molecular weight is 422 g/mol. The molecule has 3 rings (SSSR count). The van der Waals surface area contributed by atoms with Crippen LogP contribution in [0.15, 0.2) is 72.1 Å². The Morgan fingerprint density at radius 2 is 1.57 bits per heavy atom. The molecule has 0 aliphatic heterocycles. The Bertz CT molecular complexity index is 1050. The van der Waals surface area contributed by atoms with Gasteiger partial charge in [0.05, 0.1) is 22.5 Å². The van der Waals surface area contributed by atoms with Crippen LogP contribution in [0.4, 0.5) is 5.69 Å². The van der Waals surface area contributed by atoms with Gasteiger partial charge in [-0.1, -0.05) is 48.5 Å². The first kappa shape index (κ1) is 20.9. The molecule has 0 fully saturated rings. The van der Waals surface area contributed by atoms with E-state index in [0.29, 0.717) is 4.88 Å². The Kier molecular flexibility index (Phi) is 7.07. The van der Waals surface area contributed by atoms with E-state index >= 15 is 0 Å². The predicted octanol–water partition coefficient (Wildman–Crippen LogP) is 3.04. The summed E-state index contributed by atoms with van der Waals surface area (Å²) in [6, 6.07) is 18.8. The molecular formula is C22H18N2O5S. The summed E-state index contributed by atoms with van der Waals surface area (Å²) in [6.07, 6.45) is 0.150. The molecule has 1 aromatic heterocycles. The molecule has 0 unspecified atom stereocenters. The van der Waals surface area contributed by atoms with Crippen LogP contribution in [-0.2, 0) is 20.7 Å². The lowest BCUT2D eigenvalue weighted by molar-refractivity contribution is -0.123. The number of thiophene rings is 1.